The van der Waals surface area contributed by atoms with E-state index in [4.69, 9.17) is 0 Å². The quantitative estimate of drug-likeness (QED) is 0.802. The SMILES string of the molecule is Cc1nscc1C(=O)NCCN(C)C. The normalized spacial score (nSPS) is 10.6. The van der Waals surface area contributed by atoms with E-state index in [1.54, 1.807) is 5.38 Å². The van der Waals surface area contributed by atoms with Crippen molar-refractivity contribution in [1.29, 1.82) is 0 Å². The van der Waals surface area contributed by atoms with Crippen LogP contribution in [0.3, 0.4) is 0 Å². The van der Waals surface area contributed by atoms with E-state index < -0.39 is 0 Å². The lowest BCUT2D eigenvalue weighted by atomic mass is 10.2. The van der Waals surface area contributed by atoms with Crippen molar-refractivity contribution in [2.75, 3.05) is 27.2 Å². The second kappa shape index (κ2) is 5.07. The number of likely N-dealkylation sites (N-methyl/N-ethyl adjacent to an activating group) is 1. The first-order chi connectivity index (χ1) is 6.61. The number of nitrogens with one attached hydrogen (secondary N) is 1. The van der Waals surface area contributed by atoms with Gasteiger partial charge in [0.2, 0.25) is 0 Å². The van der Waals surface area contributed by atoms with Gasteiger partial charge in [-0.1, -0.05) is 0 Å². The van der Waals surface area contributed by atoms with Gasteiger partial charge in [0.05, 0.1) is 11.3 Å². The van der Waals surface area contributed by atoms with Crippen molar-refractivity contribution in [3.8, 4) is 0 Å². The molecule has 1 rings (SSSR count). The maximum atomic E-state index is 11.5. The van der Waals surface area contributed by atoms with Gasteiger partial charge in [0.1, 0.15) is 0 Å². The van der Waals surface area contributed by atoms with E-state index in [0.29, 0.717) is 12.1 Å². The summed E-state index contributed by atoms with van der Waals surface area (Å²) in [5.41, 5.74) is 1.49. The summed E-state index contributed by atoms with van der Waals surface area (Å²) in [6.45, 7) is 3.36. The molecule has 1 aromatic heterocycles. The number of carbonyl (C=O) groups is 1. The van der Waals surface area contributed by atoms with Crippen LogP contribution in [0.2, 0.25) is 0 Å². The monoisotopic (exact) mass is 213 g/mol. The molecule has 0 aliphatic carbocycles. The summed E-state index contributed by atoms with van der Waals surface area (Å²) < 4.78 is 4.05. The summed E-state index contributed by atoms with van der Waals surface area (Å²) in [6.07, 6.45) is 0. The third-order valence-corrected chi connectivity index (χ3v) is 2.56. The zero-order valence-corrected chi connectivity index (χ0v) is 9.52. The topological polar surface area (TPSA) is 45.2 Å². The molecule has 0 spiro atoms. The molecule has 0 saturated heterocycles. The minimum Gasteiger partial charge on any atom is -0.351 e. The van der Waals surface area contributed by atoms with Crippen LogP contribution in [0.1, 0.15) is 16.1 Å². The lowest BCUT2D eigenvalue weighted by Crippen LogP contribution is -2.31. The van der Waals surface area contributed by atoms with Gasteiger partial charge in [-0.2, -0.15) is 4.37 Å². The average Bonchev–Trinajstić information content (AvgIpc) is 2.50. The van der Waals surface area contributed by atoms with Gasteiger partial charge in [-0.3, -0.25) is 4.79 Å². The van der Waals surface area contributed by atoms with Crippen molar-refractivity contribution in [2.45, 2.75) is 6.92 Å². The van der Waals surface area contributed by atoms with Crippen molar-refractivity contribution >= 4 is 17.4 Å². The molecule has 0 fully saturated rings. The minimum absolute atomic E-state index is 0.0295. The number of hydrogen-bond donors (Lipinski definition) is 1. The van der Waals surface area contributed by atoms with E-state index in [2.05, 4.69) is 9.69 Å². The fourth-order valence-corrected chi connectivity index (χ4v) is 1.69. The molecule has 14 heavy (non-hydrogen) atoms. The predicted octanol–water partition coefficient (Wildman–Crippen LogP) is 0.743. The Kier molecular flexibility index (Phi) is 4.03. The molecule has 1 N–H and O–H groups in total. The van der Waals surface area contributed by atoms with Gasteiger partial charge >= 0.3 is 0 Å². The fourth-order valence-electron chi connectivity index (χ4n) is 0.999. The molecular weight excluding hydrogens is 198 g/mol. The van der Waals surface area contributed by atoms with E-state index in [1.807, 2.05) is 25.9 Å². The van der Waals surface area contributed by atoms with E-state index in [9.17, 15) is 4.79 Å². The van der Waals surface area contributed by atoms with Gasteiger partial charge in [0.15, 0.2) is 0 Å². The molecule has 5 heteroatoms. The maximum absolute atomic E-state index is 11.5. The molecule has 4 nitrogen and oxygen atoms in total. The molecule has 0 aliphatic heterocycles. The molecule has 0 aliphatic rings. The first kappa shape index (κ1) is 11.1. The van der Waals surface area contributed by atoms with Crippen molar-refractivity contribution in [3.63, 3.8) is 0 Å². The number of aromatic nitrogens is 1. The Morgan fingerprint density at radius 1 is 1.64 bits per heavy atom. The Hall–Kier alpha value is -0.940. The highest BCUT2D eigenvalue weighted by atomic mass is 32.1. The average molecular weight is 213 g/mol. The summed E-state index contributed by atoms with van der Waals surface area (Å²) in [4.78, 5) is 13.6. The zero-order valence-electron chi connectivity index (χ0n) is 8.70. The zero-order chi connectivity index (χ0) is 10.6. The maximum Gasteiger partial charge on any atom is 0.254 e. The Morgan fingerprint density at radius 2 is 2.36 bits per heavy atom. The Balaban J connectivity index is 2.40. The number of aryl methyl sites for hydroxylation is 1. The van der Waals surface area contributed by atoms with Crippen LogP contribution in [-0.2, 0) is 0 Å². The molecule has 0 atom stereocenters. The van der Waals surface area contributed by atoms with Gasteiger partial charge in [-0.05, 0) is 32.6 Å². The molecule has 0 unspecified atom stereocenters. The second-order valence-electron chi connectivity index (χ2n) is 3.37. The van der Waals surface area contributed by atoms with Crippen molar-refractivity contribution in [3.05, 3.63) is 16.6 Å². The molecule has 0 saturated carbocycles. The van der Waals surface area contributed by atoms with E-state index in [0.717, 1.165) is 12.2 Å². The molecule has 1 amide bonds. The van der Waals surface area contributed by atoms with Crippen LogP contribution in [0.4, 0.5) is 0 Å². The van der Waals surface area contributed by atoms with Crippen LogP contribution < -0.4 is 5.32 Å². The van der Waals surface area contributed by atoms with Crippen LogP contribution in [0, 0.1) is 6.92 Å². The minimum atomic E-state index is -0.0295. The smallest absolute Gasteiger partial charge is 0.254 e. The second-order valence-corrected chi connectivity index (χ2v) is 4.00. The van der Waals surface area contributed by atoms with Crippen LogP contribution in [-0.4, -0.2) is 42.4 Å². The van der Waals surface area contributed by atoms with Gasteiger partial charge in [-0.15, -0.1) is 0 Å². The summed E-state index contributed by atoms with van der Waals surface area (Å²) in [5.74, 6) is -0.0295. The van der Waals surface area contributed by atoms with E-state index in [-0.39, 0.29) is 5.91 Å². The highest BCUT2D eigenvalue weighted by Gasteiger charge is 2.09. The van der Waals surface area contributed by atoms with Gasteiger partial charge in [0, 0.05) is 18.5 Å². The number of hydrogen-bond acceptors (Lipinski definition) is 4. The van der Waals surface area contributed by atoms with Gasteiger partial charge in [-0.25, -0.2) is 0 Å². The number of rotatable bonds is 4. The number of amides is 1. The van der Waals surface area contributed by atoms with Crippen LogP contribution in [0.5, 0.6) is 0 Å². The van der Waals surface area contributed by atoms with Crippen LogP contribution in [0.25, 0.3) is 0 Å². The number of carbonyl (C=O) groups excluding carboxylic acids is 1. The van der Waals surface area contributed by atoms with Crippen molar-refractivity contribution in [1.82, 2.24) is 14.6 Å². The molecule has 1 aromatic rings. The molecule has 0 radical (unpaired) electrons. The van der Waals surface area contributed by atoms with E-state index in [1.165, 1.54) is 11.5 Å². The third kappa shape index (κ3) is 3.08. The molecule has 0 aromatic carbocycles. The highest BCUT2D eigenvalue weighted by molar-refractivity contribution is 7.03. The summed E-state index contributed by atoms with van der Waals surface area (Å²) >= 11 is 1.31. The summed E-state index contributed by atoms with van der Waals surface area (Å²) in [6, 6.07) is 0. The standard InChI is InChI=1S/C9H15N3OS/c1-7-8(6-14-11-7)9(13)10-4-5-12(2)3/h6H,4-5H2,1-3H3,(H,10,13). The van der Waals surface area contributed by atoms with Crippen molar-refractivity contribution in [2.24, 2.45) is 0 Å². The first-order valence-corrected chi connectivity index (χ1v) is 5.29. The lowest BCUT2D eigenvalue weighted by molar-refractivity contribution is 0.0950. The molecule has 1 heterocycles. The Labute approximate surface area is 88.1 Å². The Morgan fingerprint density at radius 3 is 2.86 bits per heavy atom. The first-order valence-electron chi connectivity index (χ1n) is 4.45. The van der Waals surface area contributed by atoms with Gasteiger partial charge < -0.3 is 10.2 Å². The third-order valence-electron chi connectivity index (χ3n) is 1.84. The predicted molar refractivity (Wildman–Crippen MR) is 57.7 cm³/mol. The largest absolute Gasteiger partial charge is 0.351 e. The lowest BCUT2D eigenvalue weighted by Gasteiger charge is -2.09. The van der Waals surface area contributed by atoms with Crippen LogP contribution in [0.15, 0.2) is 5.38 Å². The van der Waals surface area contributed by atoms with E-state index >= 15 is 0 Å². The molecule has 78 valence electrons. The number of nitrogens with zero attached hydrogens (tertiary/aromatic N) is 2. The fraction of sp³-hybridized carbons (Fsp3) is 0.556. The summed E-state index contributed by atoms with van der Waals surface area (Å²) in [7, 11) is 3.95. The van der Waals surface area contributed by atoms with Gasteiger partial charge in [0.25, 0.3) is 5.91 Å². The summed E-state index contributed by atoms with van der Waals surface area (Å²) in [5, 5.41) is 4.62. The highest BCUT2D eigenvalue weighted by Crippen LogP contribution is 2.08. The van der Waals surface area contributed by atoms with Crippen molar-refractivity contribution < 1.29 is 4.79 Å². The Bertz CT molecular complexity index is 309. The molecule has 0 bridgehead atoms. The van der Waals surface area contributed by atoms with Crippen LogP contribution >= 0.6 is 11.5 Å². The molecular formula is C9H15N3OS.